The highest BCUT2D eigenvalue weighted by molar-refractivity contribution is 7.92. The van der Waals surface area contributed by atoms with Gasteiger partial charge < -0.3 is 10.2 Å². The Hall–Kier alpha value is -2.00. The van der Waals surface area contributed by atoms with Crippen LogP contribution in [0, 0.1) is 0 Å². The van der Waals surface area contributed by atoms with Crippen LogP contribution in [0.15, 0.2) is 42.5 Å². The molecule has 2 aromatic rings. The molecule has 0 heterocycles. The molecule has 1 atom stereocenters. The summed E-state index contributed by atoms with van der Waals surface area (Å²) in [5, 5.41) is 3.68. The van der Waals surface area contributed by atoms with Gasteiger partial charge in [0.1, 0.15) is 12.6 Å². The van der Waals surface area contributed by atoms with Crippen molar-refractivity contribution in [2.75, 3.05) is 17.1 Å². The van der Waals surface area contributed by atoms with E-state index in [0.29, 0.717) is 17.0 Å². The van der Waals surface area contributed by atoms with Crippen LogP contribution in [0.2, 0.25) is 15.1 Å². The number of rotatable bonds is 10. The number of hydrogen-bond donors (Lipinski definition) is 1. The lowest BCUT2D eigenvalue weighted by Crippen LogP contribution is -2.53. The molecule has 0 aromatic heterocycles. The molecule has 2 aromatic carbocycles. The fourth-order valence-corrected chi connectivity index (χ4v) is 5.87. The van der Waals surface area contributed by atoms with Crippen LogP contribution in [-0.2, 0) is 26.2 Å². The molecule has 3 rings (SSSR count). The first-order chi connectivity index (χ1) is 17.0. The Balaban J connectivity index is 1.96. The molecule has 1 aliphatic carbocycles. The van der Waals surface area contributed by atoms with Gasteiger partial charge in [-0.05, 0) is 43.0 Å². The van der Waals surface area contributed by atoms with Gasteiger partial charge in [-0.3, -0.25) is 13.9 Å². The van der Waals surface area contributed by atoms with Crippen molar-refractivity contribution < 1.29 is 18.0 Å². The number of sulfonamides is 1. The second-order valence-electron chi connectivity index (χ2n) is 8.87. The topological polar surface area (TPSA) is 86.8 Å². The zero-order valence-corrected chi connectivity index (χ0v) is 23.3. The van der Waals surface area contributed by atoms with Crippen molar-refractivity contribution in [3.05, 3.63) is 63.1 Å². The zero-order chi connectivity index (χ0) is 26.5. The summed E-state index contributed by atoms with van der Waals surface area (Å²) < 4.78 is 26.4. The van der Waals surface area contributed by atoms with Gasteiger partial charge in [-0.1, -0.05) is 78.8 Å². The van der Waals surface area contributed by atoms with E-state index in [1.165, 1.54) is 17.0 Å². The fraction of sp³-hybridized carbons (Fsp3) is 0.440. The average molecular weight is 575 g/mol. The lowest BCUT2D eigenvalue weighted by molar-refractivity contribution is -0.140. The third kappa shape index (κ3) is 7.06. The molecule has 36 heavy (non-hydrogen) atoms. The maximum Gasteiger partial charge on any atom is 0.244 e. The Kier molecular flexibility index (Phi) is 9.92. The number of benzene rings is 2. The smallest absolute Gasteiger partial charge is 0.244 e. The maximum absolute atomic E-state index is 13.7. The SMILES string of the molecule is CC[C@H](C(=O)NC1CCCC1)N(Cc1ccccc1Cl)C(=O)CN(c1cccc(Cl)c1Cl)S(C)(=O)=O. The van der Waals surface area contributed by atoms with Gasteiger partial charge in [0.25, 0.3) is 0 Å². The normalized spacial score (nSPS) is 14.9. The van der Waals surface area contributed by atoms with Gasteiger partial charge in [0.15, 0.2) is 0 Å². The van der Waals surface area contributed by atoms with E-state index in [1.807, 2.05) is 6.92 Å². The highest BCUT2D eigenvalue weighted by Gasteiger charge is 2.33. The predicted octanol–water partition coefficient (Wildman–Crippen LogP) is 5.28. The molecule has 1 aliphatic rings. The summed E-state index contributed by atoms with van der Waals surface area (Å²) >= 11 is 18.8. The monoisotopic (exact) mass is 573 g/mol. The van der Waals surface area contributed by atoms with E-state index in [2.05, 4.69) is 5.32 Å². The molecule has 0 aliphatic heterocycles. The van der Waals surface area contributed by atoms with Crippen molar-refractivity contribution in [1.82, 2.24) is 10.2 Å². The van der Waals surface area contributed by atoms with Crippen molar-refractivity contribution in [2.24, 2.45) is 0 Å². The Morgan fingerprint density at radius 3 is 2.28 bits per heavy atom. The Morgan fingerprint density at radius 1 is 1.03 bits per heavy atom. The molecule has 2 amide bonds. The molecule has 0 radical (unpaired) electrons. The quantitative estimate of drug-likeness (QED) is 0.418. The zero-order valence-electron chi connectivity index (χ0n) is 20.2. The van der Waals surface area contributed by atoms with Crippen LogP contribution in [-0.4, -0.2) is 50.0 Å². The summed E-state index contributed by atoms with van der Waals surface area (Å²) in [6, 6.07) is 10.8. The third-order valence-electron chi connectivity index (χ3n) is 6.27. The highest BCUT2D eigenvalue weighted by atomic mass is 35.5. The molecule has 1 N–H and O–H groups in total. The van der Waals surface area contributed by atoms with Crippen LogP contribution in [0.4, 0.5) is 5.69 Å². The highest BCUT2D eigenvalue weighted by Crippen LogP contribution is 2.34. The molecule has 11 heteroatoms. The van der Waals surface area contributed by atoms with Gasteiger partial charge >= 0.3 is 0 Å². The van der Waals surface area contributed by atoms with E-state index in [4.69, 9.17) is 34.8 Å². The summed E-state index contributed by atoms with van der Waals surface area (Å²) in [7, 11) is -3.92. The van der Waals surface area contributed by atoms with Crippen LogP contribution in [0.1, 0.15) is 44.6 Å². The van der Waals surface area contributed by atoms with Crippen molar-refractivity contribution in [3.8, 4) is 0 Å². The Morgan fingerprint density at radius 2 is 1.67 bits per heavy atom. The van der Waals surface area contributed by atoms with Crippen molar-refractivity contribution in [1.29, 1.82) is 0 Å². The molecule has 0 bridgehead atoms. The van der Waals surface area contributed by atoms with Crippen LogP contribution in [0.5, 0.6) is 0 Å². The van der Waals surface area contributed by atoms with Crippen LogP contribution < -0.4 is 9.62 Å². The van der Waals surface area contributed by atoms with E-state index in [-0.39, 0.29) is 34.2 Å². The Bertz CT molecular complexity index is 1200. The summed E-state index contributed by atoms with van der Waals surface area (Å²) in [5.41, 5.74) is 0.729. The number of nitrogens with zero attached hydrogens (tertiary/aromatic N) is 2. The third-order valence-corrected chi connectivity index (χ3v) is 8.57. The first-order valence-corrected chi connectivity index (χ1v) is 14.8. The minimum Gasteiger partial charge on any atom is -0.352 e. The van der Waals surface area contributed by atoms with Gasteiger partial charge in [-0.25, -0.2) is 8.42 Å². The molecular weight excluding hydrogens is 545 g/mol. The molecule has 0 unspecified atom stereocenters. The second-order valence-corrected chi connectivity index (χ2v) is 12.0. The van der Waals surface area contributed by atoms with E-state index < -0.39 is 28.5 Å². The number of carbonyl (C=O) groups excluding carboxylic acids is 2. The lowest BCUT2D eigenvalue weighted by Gasteiger charge is -2.33. The van der Waals surface area contributed by atoms with Crippen molar-refractivity contribution in [2.45, 2.75) is 57.7 Å². The molecule has 196 valence electrons. The first kappa shape index (κ1) is 28.6. The standard InChI is InChI=1S/C25H30Cl3N3O4S/c1-3-21(25(33)29-18-10-5-6-11-18)30(15-17-9-4-7-12-19(17)26)23(32)16-31(36(2,34)35)22-14-8-13-20(27)24(22)28/h4,7-9,12-14,18,21H,3,5-6,10-11,15-16H2,1-2H3,(H,29,33)/t21-/m1/s1. The average Bonchev–Trinajstić information content (AvgIpc) is 3.33. The van der Waals surface area contributed by atoms with Crippen molar-refractivity contribution >= 4 is 62.3 Å². The second kappa shape index (κ2) is 12.5. The first-order valence-electron chi connectivity index (χ1n) is 11.8. The molecule has 1 fully saturated rings. The molecular formula is C25H30Cl3N3O4S. The van der Waals surface area contributed by atoms with E-state index in [1.54, 1.807) is 30.3 Å². The van der Waals surface area contributed by atoms with Gasteiger partial charge in [0, 0.05) is 17.6 Å². The molecule has 0 spiro atoms. The van der Waals surface area contributed by atoms with E-state index in [0.717, 1.165) is 36.2 Å². The Labute approximate surface area is 227 Å². The summed E-state index contributed by atoms with van der Waals surface area (Å²) in [6.45, 7) is 1.29. The summed E-state index contributed by atoms with van der Waals surface area (Å²) in [6.07, 6.45) is 5.22. The largest absolute Gasteiger partial charge is 0.352 e. The predicted molar refractivity (Wildman–Crippen MR) is 145 cm³/mol. The van der Waals surface area contributed by atoms with E-state index >= 15 is 0 Å². The lowest BCUT2D eigenvalue weighted by atomic mass is 10.1. The molecule has 7 nitrogen and oxygen atoms in total. The van der Waals surface area contributed by atoms with Gasteiger partial charge in [0.05, 0.1) is 22.0 Å². The molecule has 0 saturated heterocycles. The van der Waals surface area contributed by atoms with Crippen LogP contribution >= 0.6 is 34.8 Å². The van der Waals surface area contributed by atoms with Crippen molar-refractivity contribution in [3.63, 3.8) is 0 Å². The molecule has 1 saturated carbocycles. The van der Waals surface area contributed by atoms with Gasteiger partial charge in [-0.15, -0.1) is 0 Å². The summed E-state index contributed by atoms with van der Waals surface area (Å²) in [5.74, 6) is -0.832. The number of amides is 2. The fourth-order valence-electron chi connectivity index (χ4n) is 4.38. The van der Waals surface area contributed by atoms with Gasteiger partial charge in [-0.2, -0.15) is 0 Å². The number of halogens is 3. The minimum atomic E-state index is -3.92. The number of anilines is 1. The number of nitrogens with one attached hydrogen (secondary N) is 1. The minimum absolute atomic E-state index is 0.0149. The van der Waals surface area contributed by atoms with Gasteiger partial charge in [0.2, 0.25) is 21.8 Å². The number of hydrogen-bond acceptors (Lipinski definition) is 4. The maximum atomic E-state index is 13.7. The van der Waals surface area contributed by atoms with Crippen LogP contribution in [0.3, 0.4) is 0 Å². The van der Waals surface area contributed by atoms with E-state index in [9.17, 15) is 18.0 Å². The summed E-state index contributed by atoms with van der Waals surface area (Å²) in [4.78, 5) is 28.4. The van der Waals surface area contributed by atoms with Crippen LogP contribution in [0.25, 0.3) is 0 Å². The number of carbonyl (C=O) groups is 2.